The number of carbonyl (C=O) groups excluding carboxylic acids is 1. The van der Waals surface area contributed by atoms with Crippen LogP contribution in [0.3, 0.4) is 0 Å². The molecule has 2 nitrogen and oxygen atoms in total. The van der Waals surface area contributed by atoms with Gasteiger partial charge in [-0.25, -0.2) is 0 Å². The molecule has 0 saturated heterocycles. The Kier molecular flexibility index (Phi) is 3.12. The van der Waals surface area contributed by atoms with Crippen molar-refractivity contribution in [2.45, 2.75) is 52.5 Å². The molecule has 0 unspecified atom stereocenters. The Morgan fingerprint density at radius 2 is 1.77 bits per heavy atom. The second kappa shape index (κ2) is 3.79. The van der Waals surface area contributed by atoms with Crippen molar-refractivity contribution < 1.29 is 4.79 Å². The lowest BCUT2D eigenvalue weighted by Crippen LogP contribution is -2.43. The summed E-state index contributed by atoms with van der Waals surface area (Å²) >= 11 is 0. The van der Waals surface area contributed by atoms with Crippen LogP contribution in [0.5, 0.6) is 0 Å². The highest BCUT2D eigenvalue weighted by Crippen LogP contribution is 2.30. The fourth-order valence-electron chi connectivity index (χ4n) is 2.03. The third-order valence-electron chi connectivity index (χ3n) is 2.95. The fraction of sp³-hybridized carbons (Fsp3) is 0.909. The molecule has 1 atom stereocenters. The standard InChI is InChI=1S/C11H21NO/c1-11(2,3)10(13)9(12)8-6-4-5-7-8/h8-9H,4-7,12H2,1-3H3/t9-/m0/s1. The Balaban J connectivity index is 2.56. The predicted octanol–water partition coefficient (Wildman–Crippen LogP) is 2.12. The van der Waals surface area contributed by atoms with Crippen molar-refractivity contribution >= 4 is 5.78 Å². The zero-order chi connectivity index (χ0) is 10.1. The summed E-state index contributed by atoms with van der Waals surface area (Å²) < 4.78 is 0. The largest absolute Gasteiger partial charge is 0.321 e. The smallest absolute Gasteiger partial charge is 0.155 e. The molecule has 0 aromatic heterocycles. The quantitative estimate of drug-likeness (QED) is 0.712. The summed E-state index contributed by atoms with van der Waals surface area (Å²) in [5.41, 5.74) is 5.68. The average Bonchev–Trinajstić information content (AvgIpc) is 2.51. The normalized spacial score (nSPS) is 21.8. The van der Waals surface area contributed by atoms with E-state index in [1.54, 1.807) is 0 Å². The molecule has 1 rings (SSSR count). The van der Waals surface area contributed by atoms with E-state index in [2.05, 4.69) is 0 Å². The van der Waals surface area contributed by atoms with E-state index in [1.807, 2.05) is 20.8 Å². The first-order valence-electron chi connectivity index (χ1n) is 5.23. The second-order valence-corrected chi connectivity index (χ2v) is 5.18. The van der Waals surface area contributed by atoms with Gasteiger partial charge in [-0.3, -0.25) is 4.79 Å². The fourth-order valence-corrected chi connectivity index (χ4v) is 2.03. The van der Waals surface area contributed by atoms with Crippen molar-refractivity contribution in [2.75, 3.05) is 0 Å². The van der Waals surface area contributed by atoms with E-state index in [1.165, 1.54) is 12.8 Å². The van der Waals surface area contributed by atoms with Gasteiger partial charge in [-0.2, -0.15) is 0 Å². The highest BCUT2D eigenvalue weighted by molar-refractivity contribution is 5.88. The minimum absolute atomic E-state index is 0.220. The van der Waals surface area contributed by atoms with Crippen LogP contribution >= 0.6 is 0 Å². The van der Waals surface area contributed by atoms with Gasteiger partial charge in [0.25, 0.3) is 0 Å². The van der Waals surface area contributed by atoms with E-state index in [0.29, 0.717) is 5.92 Å². The van der Waals surface area contributed by atoms with Crippen LogP contribution in [0, 0.1) is 11.3 Å². The van der Waals surface area contributed by atoms with Gasteiger partial charge >= 0.3 is 0 Å². The maximum absolute atomic E-state index is 11.8. The van der Waals surface area contributed by atoms with E-state index in [4.69, 9.17) is 5.73 Å². The van der Waals surface area contributed by atoms with Crippen molar-refractivity contribution in [3.8, 4) is 0 Å². The van der Waals surface area contributed by atoms with Gasteiger partial charge < -0.3 is 5.73 Å². The Bertz CT molecular complexity index is 187. The van der Waals surface area contributed by atoms with Crippen molar-refractivity contribution in [1.82, 2.24) is 0 Å². The summed E-state index contributed by atoms with van der Waals surface area (Å²) in [5, 5.41) is 0. The monoisotopic (exact) mass is 183 g/mol. The van der Waals surface area contributed by atoms with E-state index in [-0.39, 0.29) is 17.2 Å². The summed E-state index contributed by atoms with van der Waals surface area (Å²) in [6.45, 7) is 5.85. The average molecular weight is 183 g/mol. The van der Waals surface area contributed by atoms with Gasteiger partial charge in [-0.15, -0.1) is 0 Å². The molecule has 1 fully saturated rings. The first-order chi connectivity index (χ1) is 5.93. The number of nitrogens with two attached hydrogens (primary N) is 1. The molecule has 0 radical (unpaired) electrons. The third-order valence-corrected chi connectivity index (χ3v) is 2.95. The summed E-state index contributed by atoms with van der Waals surface area (Å²) in [6.07, 6.45) is 4.78. The molecule has 76 valence electrons. The summed E-state index contributed by atoms with van der Waals surface area (Å²) in [6, 6.07) is -0.220. The number of ketones is 1. The number of hydrogen-bond acceptors (Lipinski definition) is 2. The Hall–Kier alpha value is -0.370. The number of hydrogen-bond donors (Lipinski definition) is 1. The molecule has 1 aliphatic carbocycles. The summed E-state index contributed by atoms with van der Waals surface area (Å²) in [5.74, 6) is 0.672. The van der Waals surface area contributed by atoms with E-state index >= 15 is 0 Å². The van der Waals surface area contributed by atoms with Gasteiger partial charge in [-0.05, 0) is 18.8 Å². The van der Waals surface area contributed by atoms with Gasteiger partial charge in [-0.1, -0.05) is 33.6 Å². The highest BCUT2D eigenvalue weighted by atomic mass is 16.1. The topological polar surface area (TPSA) is 43.1 Å². The molecule has 1 saturated carbocycles. The maximum Gasteiger partial charge on any atom is 0.155 e. The van der Waals surface area contributed by atoms with Crippen molar-refractivity contribution in [3.05, 3.63) is 0 Å². The summed E-state index contributed by atoms with van der Waals surface area (Å²) in [7, 11) is 0. The molecule has 2 heteroatoms. The van der Waals surface area contributed by atoms with Crippen LogP contribution in [-0.2, 0) is 4.79 Å². The SMILES string of the molecule is CC(C)(C)C(=O)[C@@H](N)C1CCCC1. The minimum atomic E-state index is -0.276. The van der Waals surface area contributed by atoms with Crippen LogP contribution in [-0.4, -0.2) is 11.8 Å². The molecule has 0 spiro atoms. The van der Waals surface area contributed by atoms with Crippen LogP contribution in [0.2, 0.25) is 0 Å². The molecule has 2 N–H and O–H groups in total. The predicted molar refractivity (Wildman–Crippen MR) is 54.4 cm³/mol. The molecular formula is C11H21NO. The Morgan fingerprint density at radius 1 is 1.31 bits per heavy atom. The first kappa shape index (κ1) is 10.7. The molecule has 0 aromatic carbocycles. The van der Waals surface area contributed by atoms with E-state index < -0.39 is 0 Å². The first-order valence-corrected chi connectivity index (χ1v) is 5.23. The Morgan fingerprint density at radius 3 is 2.15 bits per heavy atom. The maximum atomic E-state index is 11.8. The molecule has 0 amide bonds. The van der Waals surface area contributed by atoms with Gasteiger partial charge in [0, 0.05) is 5.41 Å². The lowest BCUT2D eigenvalue weighted by Gasteiger charge is -2.25. The van der Waals surface area contributed by atoms with Crippen LogP contribution < -0.4 is 5.73 Å². The van der Waals surface area contributed by atoms with Crippen molar-refractivity contribution in [2.24, 2.45) is 17.1 Å². The molecular weight excluding hydrogens is 162 g/mol. The number of carbonyl (C=O) groups is 1. The van der Waals surface area contributed by atoms with Crippen molar-refractivity contribution in [1.29, 1.82) is 0 Å². The molecule has 13 heavy (non-hydrogen) atoms. The molecule has 0 heterocycles. The lowest BCUT2D eigenvalue weighted by molar-refractivity contribution is -0.128. The highest BCUT2D eigenvalue weighted by Gasteiger charge is 2.33. The molecule has 1 aliphatic rings. The number of Topliss-reactive ketones (excluding diaryl/α,β-unsaturated/α-hetero) is 1. The zero-order valence-corrected chi connectivity index (χ0v) is 8.97. The van der Waals surface area contributed by atoms with Crippen LogP contribution in [0.1, 0.15) is 46.5 Å². The molecule has 0 aliphatic heterocycles. The minimum Gasteiger partial charge on any atom is -0.321 e. The van der Waals surface area contributed by atoms with Gasteiger partial charge in [0.05, 0.1) is 6.04 Å². The van der Waals surface area contributed by atoms with E-state index in [9.17, 15) is 4.79 Å². The number of rotatable bonds is 2. The Labute approximate surface area is 80.9 Å². The van der Waals surface area contributed by atoms with Crippen molar-refractivity contribution in [3.63, 3.8) is 0 Å². The van der Waals surface area contributed by atoms with Gasteiger partial charge in [0.2, 0.25) is 0 Å². The summed E-state index contributed by atoms with van der Waals surface area (Å²) in [4.78, 5) is 11.8. The van der Waals surface area contributed by atoms with Crippen LogP contribution in [0.15, 0.2) is 0 Å². The van der Waals surface area contributed by atoms with Crippen LogP contribution in [0.25, 0.3) is 0 Å². The van der Waals surface area contributed by atoms with Gasteiger partial charge in [0.1, 0.15) is 0 Å². The second-order valence-electron chi connectivity index (χ2n) is 5.18. The van der Waals surface area contributed by atoms with Crippen LogP contribution in [0.4, 0.5) is 0 Å². The lowest BCUT2D eigenvalue weighted by atomic mass is 9.81. The molecule has 0 bridgehead atoms. The zero-order valence-electron chi connectivity index (χ0n) is 8.97. The van der Waals surface area contributed by atoms with Gasteiger partial charge in [0.15, 0.2) is 5.78 Å². The molecule has 0 aromatic rings. The third kappa shape index (κ3) is 2.53. The van der Waals surface area contributed by atoms with E-state index in [0.717, 1.165) is 12.8 Å².